The van der Waals surface area contributed by atoms with E-state index in [1.54, 1.807) is 11.0 Å². The summed E-state index contributed by atoms with van der Waals surface area (Å²) in [5, 5.41) is 0. The molecule has 5 heteroatoms. The molecule has 1 aliphatic heterocycles. The number of nitrogens with zero attached hydrogens (tertiary/aromatic N) is 2. The summed E-state index contributed by atoms with van der Waals surface area (Å²) in [7, 11) is 0. The lowest BCUT2D eigenvalue weighted by Crippen LogP contribution is -2.36. The summed E-state index contributed by atoms with van der Waals surface area (Å²) in [4.78, 5) is 17.2. The van der Waals surface area contributed by atoms with Crippen LogP contribution in [0.25, 0.3) is 0 Å². The normalized spacial score (nSPS) is 21.1. The van der Waals surface area contributed by atoms with Gasteiger partial charge in [-0.3, -0.25) is 4.79 Å². The molecular formula is C12H15FN2O2. The maximum atomic E-state index is 13.4. The Balaban J connectivity index is 2.16. The summed E-state index contributed by atoms with van der Waals surface area (Å²) in [5.41, 5.74) is 0.0293. The summed E-state index contributed by atoms with van der Waals surface area (Å²) in [5.74, 6) is -1.02. The van der Waals surface area contributed by atoms with Crippen LogP contribution in [0, 0.1) is 5.95 Å². The van der Waals surface area contributed by atoms with Crippen LogP contribution in [-0.4, -0.2) is 41.6 Å². The first-order valence-corrected chi connectivity index (χ1v) is 5.70. The average Bonchev–Trinajstić information content (AvgIpc) is 2.54. The van der Waals surface area contributed by atoms with Crippen molar-refractivity contribution in [2.24, 2.45) is 0 Å². The molecule has 0 radical (unpaired) electrons. The molecule has 1 atom stereocenters. The van der Waals surface area contributed by atoms with E-state index < -0.39 is 5.95 Å². The van der Waals surface area contributed by atoms with Crippen molar-refractivity contribution < 1.29 is 13.9 Å². The second-order valence-electron chi connectivity index (χ2n) is 4.13. The van der Waals surface area contributed by atoms with E-state index >= 15 is 0 Å². The van der Waals surface area contributed by atoms with Gasteiger partial charge < -0.3 is 9.64 Å². The van der Waals surface area contributed by atoms with E-state index in [1.165, 1.54) is 12.3 Å². The van der Waals surface area contributed by atoms with E-state index in [0.717, 1.165) is 6.42 Å². The summed E-state index contributed by atoms with van der Waals surface area (Å²) >= 11 is 0. The average molecular weight is 238 g/mol. The van der Waals surface area contributed by atoms with Gasteiger partial charge in [-0.15, -0.1) is 0 Å². The number of rotatable bonds is 1. The van der Waals surface area contributed by atoms with Gasteiger partial charge in [-0.25, -0.2) is 4.98 Å². The Morgan fingerprint density at radius 3 is 3.24 bits per heavy atom. The van der Waals surface area contributed by atoms with E-state index in [4.69, 9.17) is 4.74 Å². The van der Waals surface area contributed by atoms with Crippen LogP contribution in [0.15, 0.2) is 18.3 Å². The van der Waals surface area contributed by atoms with Crippen molar-refractivity contribution in [3.05, 3.63) is 29.8 Å². The van der Waals surface area contributed by atoms with Gasteiger partial charge in [-0.1, -0.05) is 0 Å². The number of hydrogen-bond acceptors (Lipinski definition) is 3. The third kappa shape index (κ3) is 2.79. The lowest BCUT2D eigenvalue weighted by molar-refractivity contribution is 0.0559. The molecule has 0 bridgehead atoms. The Bertz CT molecular complexity index is 411. The number of carbonyl (C=O) groups is 1. The smallest absolute Gasteiger partial charge is 0.258 e. The van der Waals surface area contributed by atoms with Gasteiger partial charge in [0, 0.05) is 25.9 Å². The molecule has 4 nitrogen and oxygen atoms in total. The molecule has 0 aliphatic carbocycles. The third-order valence-corrected chi connectivity index (χ3v) is 2.73. The SMILES string of the molecule is CC1CN(C(=O)c2cccnc2F)CCCO1. The maximum absolute atomic E-state index is 13.4. The number of carbonyl (C=O) groups excluding carboxylic acids is 1. The van der Waals surface area contributed by atoms with Crippen LogP contribution in [0.4, 0.5) is 4.39 Å². The summed E-state index contributed by atoms with van der Waals surface area (Å²) in [6.45, 7) is 3.64. The molecule has 0 saturated carbocycles. The van der Waals surface area contributed by atoms with E-state index in [1.807, 2.05) is 6.92 Å². The van der Waals surface area contributed by atoms with Crippen molar-refractivity contribution in [3.8, 4) is 0 Å². The van der Waals surface area contributed by atoms with Crippen molar-refractivity contribution in [2.45, 2.75) is 19.4 Å². The van der Waals surface area contributed by atoms with Gasteiger partial charge in [0.2, 0.25) is 5.95 Å². The molecule has 1 aliphatic rings. The van der Waals surface area contributed by atoms with Crippen LogP contribution < -0.4 is 0 Å². The predicted octanol–water partition coefficient (Wildman–Crippen LogP) is 1.47. The molecule has 2 rings (SSSR count). The van der Waals surface area contributed by atoms with Gasteiger partial charge in [0.1, 0.15) is 0 Å². The van der Waals surface area contributed by atoms with E-state index in [0.29, 0.717) is 19.7 Å². The van der Waals surface area contributed by atoms with Crippen LogP contribution in [0.2, 0.25) is 0 Å². The quantitative estimate of drug-likeness (QED) is 0.696. The minimum atomic E-state index is -0.713. The Morgan fingerprint density at radius 2 is 2.47 bits per heavy atom. The summed E-state index contributed by atoms with van der Waals surface area (Å²) in [6.07, 6.45) is 2.10. The fourth-order valence-corrected chi connectivity index (χ4v) is 1.89. The third-order valence-electron chi connectivity index (χ3n) is 2.73. The highest BCUT2D eigenvalue weighted by molar-refractivity contribution is 5.94. The maximum Gasteiger partial charge on any atom is 0.258 e. The largest absolute Gasteiger partial charge is 0.377 e. The molecule has 1 amide bonds. The fraction of sp³-hybridized carbons (Fsp3) is 0.500. The van der Waals surface area contributed by atoms with E-state index in [2.05, 4.69) is 4.98 Å². The van der Waals surface area contributed by atoms with Gasteiger partial charge in [-0.2, -0.15) is 4.39 Å². The van der Waals surface area contributed by atoms with Crippen molar-refractivity contribution >= 4 is 5.91 Å². The zero-order valence-electron chi connectivity index (χ0n) is 9.73. The molecule has 1 aromatic rings. The van der Waals surface area contributed by atoms with Crippen LogP contribution in [0.5, 0.6) is 0 Å². The van der Waals surface area contributed by atoms with Crippen molar-refractivity contribution in [3.63, 3.8) is 0 Å². The molecule has 92 valence electrons. The fourth-order valence-electron chi connectivity index (χ4n) is 1.89. The number of hydrogen-bond donors (Lipinski definition) is 0. The zero-order chi connectivity index (χ0) is 12.3. The number of pyridine rings is 1. The molecular weight excluding hydrogens is 223 g/mol. The number of ether oxygens (including phenoxy) is 1. The molecule has 0 N–H and O–H groups in total. The molecule has 0 spiro atoms. The highest BCUT2D eigenvalue weighted by Crippen LogP contribution is 2.12. The Hall–Kier alpha value is -1.49. The minimum Gasteiger partial charge on any atom is -0.377 e. The lowest BCUT2D eigenvalue weighted by atomic mass is 10.2. The minimum absolute atomic E-state index is 0.0128. The molecule has 1 fully saturated rings. The van der Waals surface area contributed by atoms with Crippen molar-refractivity contribution in [2.75, 3.05) is 19.7 Å². The van der Waals surface area contributed by atoms with Gasteiger partial charge in [0.15, 0.2) is 0 Å². The second-order valence-corrected chi connectivity index (χ2v) is 4.13. The van der Waals surface area contributed by atoms with E-state index in [-0.39, 0.29) is 17.6 Å². The van der Waals surface area contributed by atoms with Gasteiger partial charge in [0.05, 0.1) is 11.7 Å². The molecule has 1 aromatic heterocycles. The summed E-state index contributed by atoms with van der Waals surface area (Å²) in [6, 6.07) is 3.02. The first kappa shape index (κ1) is 12.0. The molecule has 1 unspecified atom stereocenters. The molecule has 1 saturated heterocycles. The van der Waals surface area contributed by atoms with Crippen LogP contribution in [0.1, 0.15) is 23.7 Å². The lowest BCUT2D eigenvalue weighted by Gasteiger charge is -2.22. The van der Waals surface area contributed by atoms with Crippen LogP contribution in [-0.2, 0) is 4.74 Å². The first-order valence-electron chi connectivity index (χ1n) is 5.70. The molecule has 0 aromatic carbocycles. The Labute approximate surface area is 99.4 Å². The Morgan fingerprint density at radius 1 is 1.65 bits per heavy atom. The molecule has 17 heavy (non-hydrogen) atoms. The topological polar surface area (TPSA) is 42.4 Å². The Kier molecular flexibility index (Phi) is 3.68. The number of halogens is 1. The van der Waals surface area contributed by atoms with Crippen LogP contribution in [0.3, 0.4) is 0 Å². The summed E-state index contributed by atoms with van der Waals surface area (Å²) < 4.78 is 18.8. The zero-order valence-corrected chi connectivity index (χ0v) is 9.73. The van der Waals surface area contributed by atoms with Gasteiger partial charge >= 0.3 is 0 Å². The van der Waals surface area contributed by atoms with Gasteiger partial charge in [-0.05, 0) is 25.5 Å². The number of aromatic nitrogens is 1. The van der Waals surface area contributed by atoms with Crippen LogP contribution >= 0.6 is 0 Å². The highest BCUT2D eigenvalue weighted by Gasteiger charge is 2.23. The highest BCUT2D eigenvalue weighted by atomic mass is 19.1. The standard InChI is InChI=1S/C12H15FN2O2/c1-9-8-15(6-3-7-17-9)12(16)10-4-2-5-14-11(10)13/h2,4-5,9H,3,6-8H2,1H3. The van der Waals surface area contributed by atoms with Crippen molar-refractivity contribution in [1.29, 1.82) is 0 Å². The van der Waals surface area contributed by atoms with E-state index in [9.17, 15) is 9.18 Å². The monoisotopic (exact) mass is 238 g/mol. The number of amides is 1. The van der Waals surface area contributed by atoms with Gasteiger partial charge in [0.25, 0.3) is 5.91 Å². The predicted molar refractivity (Wildman–Crippen MR) is 60.1 cm³/mol. The van der Waals surface area contributed by atoms with Crippen molar-refractivity contribution in [1.82, 2.24) is 9.88 Å². The molecule has 2 heterocycles. The first-order chi connectivity index (χ1) is 8.18. The second kappa shape index (κ2) is 5.23.